The van der Waals surface area contributed by atoms with Crippen LogP contribution in [0.25, 0.3) is 66.5 Å². The van der Waals surface area contributed by atoms with Crippen molar-refractivity contribution in [2.75, 3.05) is 19.0 Å². The van der Waals surface area contributed by atoms with Gasteiger partial charge in [-0.25, -0.2) is 11.1 Å². The van der Waals surface area contributed by atoms with Crippen LogP contribution < -0.4 is 4.90 Å². The van der Waals surface area contributed by atoms with E-state index in [1.165, 1.54) is 66.7 Å². The molecule has 0 aliphatic carbocycles. The van der Waals surface area contributed by atoms with Crippen molar-refractivity contribution >= 4 is 16.6 Å². The molecule has 0 amide bonds. The zero-order valence-corrected chi connectivity index (χ0v) is 28.2. The van der Waals surface area contributed by atoms with E-state index in [0.29, 0.717) is 0 Å². The minimum Gasteiger partial charge on any atom is -0.421 e. The van der Waals surface area contributed by atoms with Gasteiger partial charge < -0.3 is 48.8 Å². The number of hydrogen-bond donors (Lipinski definition) is 0. The summed E-state index contributed by atoms with van der Waals surface area (Å²) >= 11 is 0. The van der Waals surface area contributed by atoms with Crippen LogP contribution in [0.1, 0.15) is 0 Å². The molecule has 0 unspecified atom stereocenters. The molecule has 0 saturated carbocycles. The van der Waals surface area contributed by atoms with E-state index in [1.54, 1.807) is 0 Å². The molecule has 1 aromatic heterocycles. The predicted molar refractivity (Wildman–Crippen MR) is 201 cm³/mol. The van der Waals surface area contributed by atoms with Crippen molar-refractivity contribution in [1.82, 2.24) is 4.98 Å². The minimum absolute atomic E-state index is 0. The third-order valence-electron chi connectivity index (χ3n) is 8.56. The van der Waals surface area contributed by atoms with E-state index in [-0.39, 0.29) is 17.1 Å². The van der Waals surface area contributed by atoms with Gasteiger partial charge in [-0.15, -0.1) is 59.5 Å². The first-order valence-corrected chi connectivity index (χ1v) is 16.0. The summed E-state index contributed by atoms with van der Waals surface area (Å²) in [7, 11) is 4.09. The maximum Gasteiger partial charge on any atom is 0.0122 e. The van der Waals surface area contributed by atoms with Gasteiger partial charge in [0.1, 0.15) is 0 Å². The smallest absolute Gasteiger partial charge is 0.0122 e. The Morgan fingerprint density at radius 1 is 0.438 bits per heavy atom. The Balaban J connectivity index is 0.000000260. The number of fused-ring (bicyclic) bond motifs is 1. The summed E-state index contributed by atoms with van der Waals surface area (Å²) < 4.78 is 0. The van der Waals surface area contributed by atoms with Crippen LogP contribution in [0, 0.1) is 0 Å². The van der Waals surface area contributed by atoms with Crippen molar-refractivity contribution in [3.63, 3.8) is 0 Å². The number of rotatable bonds is 6. The molecule has 0 radical (unpaired) electrons. The summed E-state index contributed by atoms with van der Waals surface area (Å²) in [5, 5.41) is 1.22. The van der Waals surface area contributed by atoms with Crippen LogP contribution in [0.2, 0.25) is 0 Å². The molecule has 0 fully saturated rings. The number of pyridine rings is 1. The summed E-state index contributed by atoms with van der Waals surface area (Å²) in [6.07, 6.45) is 1.84. The van der Waals surface area contributed by atoms with Crippen LogP contribution in [0.15, 0.2) is 182 Å². The zero-order valence-electron chi connectivity index (χ0n) is 27.1. The molecule has 48 heavy (non-hydrogen) atoms. The monoisotopic (exact) mass is 660 g/mol. The van der Waals surface area contributed by atoms with Gasteiger partial charge in [0.05, 0.1) is 0 Å². The summed E-state index contributed by atoms with van der Waals surface area (Å²) in [6, 6.07) is 62.3. The van der Waals surface area contributed by atoms with E-state index >= 15 is 0 Å². The van der Waals surface area contributed by atoms with Crippen LogP contribution in [0.5, 0.6) is 0 Å². The average molecular weight is 661 g/mol. The molecule has 240 valence electrons. The van der Waals surface area contributed by atoms with Gasteiger partial charge in [-0.3, -0.25) is 24.3 Å². The van der Waals surface area contributed by atoms with E-state index in [4.69, 9.17) is 0 Å². The van der Waals surface area contributed by atoms with Crippen molar-refractivity contribution in [2.45, 2.75) is 0 Å². The van der Waals surface area contributed by atoms with Crippen molar-refractivity contribution in [2.24, 2.45) is 0 Å². The molecule has 0 aliphatic rings. The quantitative estimate of drug-likeness (QED) is 0.130. The maximum absolute atomic E-state index is 4.26. The fourth-order valence-corrected chi connectivity index (χ4v) is 6.50. The SMILES string of the molecule is CN(C)c1ccnc2c[cH-]cc12.[Fe].c1ccc(-[c-]2[c-](-c3ccccc3)[c-](-c3ccccc3)[c-](-c3ccccc3)[c-]2-c2ccccc2)cc1. The van der Waals surface area contributed by atoms with Crippen LogP contribution in [0.4, 0.5) is 5.69 Å². The van der Waals surface area contributed by atoms with Crippen LogP contribution in [-0.4, -0.2) is 19.1 Å². The summed E-state index contributed by atoms with van der Waals surface area (Å²) in [6.45, 7) is 0. The molecular formula is C45H36FeN2-6. The first-order valence-electron chi connectivity index (χ1n) is 16.0. The van der Waals surface area contributed by atoms with Gasteiger partial charge in [0, 0.05) is 37.4 Å². The second-order valence-electron chi connectivity index (χ2n) is 11.8. The average Bonchev–Trinajstić information content (AvgIpc) is 3.77. The van der Waals surface area contributed by atoms with Crippen molar-refractivity contribution < 1.29 is 17.1 Å². The first-order chi connectivity index (χ1) is 23.2. The number of benzene rings is 5. The molecule has 0 bridgehead atoms. The number of anilines is 1. The maximum atomic E-state index is 4.26. The van der Waals surface area contributed by atoms with E-state index < -0.39 is 0 Å². The number of aromatic nitrogens is 1. The van der Waals surface area contributed by atoms with Crippen molar-refractivity contribution in [3.8, 4) is 55.6 Å². The Morgan fingerprint density at radius 3 is 1.04 bits per heavy atom. The Labute approximate surface area is 294 Å². The van der Waals surface area contributed by atoms with Gasteiger partial charge >= 0.3 is 0 Å². The second-order valence-corrected chi connectivity index (χ2v) is 11.8. The van der Waals surface area contributed by atoms with Gasteiger partial charge in [0.2, 0.25) is 0 Å². The van der Waals surface area contributed by atoms with Gasteiger partial charge in [0.25, 0.3) is 0 Å². The molecule has 0 N–H and O–H groups in total. The normalized spacial score (nSPS) is 10.5. The topological polar surface area (TPSA) is 16.1 Å². The molecule has 1 heterocycles. The van der Waals surface area contributed by atoms with Crippen LogP contribution in [-0.2, 0) is 17.1 Å². The Bertz CT molecular complexity index is 1880. The molecule has 2 nitrogen and oxygen atoms in total. The molecule has 7 aromatic carbocycles. The first kappa shape index (κ1) is 32.5. The van der Waals surface area contributed by atoms with E-state index in [2.05, 4.69) is 168 Å². The van der Waals surface area contributed by atoms with E-state index in [1.807, 2.05) is 38.5 Å². The van der Waals surface area contributed by atoms with E-state index in [0.717, 1.165) is 5.52 Å². The van der Waals surface area contributed by atoms with Crippen LogP contribution >= 0.6 is 0 Å². The van der Waals surface area contributed by atoms with Gasteiger partial charge in [-0.1, -0.05) is 84.4 Å². The summed E-state index contributed by atoms with van der Waals surface area (Å²) in [5.74, 6) is 0. The molecule has 3 heteroatoms. The van der Waals surface area contributed by atoms with Gasteiger partial charge in [-0.2, -0.15) is 18.2 Å². The molecular weight excluding hydrogens is 624 g/mol. The van der Waals surface area contributed by atoms with Crippen molar-refractivity contribution in [3.05, 3.63) is 182 Å². The molecule has 0 spiro atoms. The number of nitrogens with zero attached hydrogens (tertiary/aromatic N) is 2. The third kappa shape index (κ3) is 6.52. The minimum atomic E-state index is 0. The fourth-order valence-electron chi connectivity index (χ4n) is 6.50. The second kappa shape index (κ2) is 15.0. The summed E-state index contributed by atoms with van der Waals surface area (Å²) in [5.41, 5.74) is 14.8. The van der Waals surface area contributed by atoms with Gasteiger partial charge in [0.15, 0.2) is 0 Å². The summed E-state index contributed by atoms with van der Waals surface area (Å²) in [4.78, 5) is 6.36. The Hall–Kier alpha value is -5.47. The molecule has 0 aliphatic heterocycles. The number of hydrogen-bond acceptors (Lipinski definition) is 2. The molecule has 8 aromatic rings. The van der Waals surface area contributed by atoms with E-state index in [9.17, 15) is 0 Å². The van der Waals surface area contributed by atoms with Crippen LogP contribution in [0.3, 0.4) is 0 Å². The van der Waals surface area contributed by atoms with Crippen molar-refractivity contribution in [1.29, 1.82) is 0 Å². The fraction of sp³-hybridized carbons (Fsp3) is 0.0444. The predicted octanol–water partition coefficient (Wildman–Crippen LogP) is 11.8. The van der Waals surface area contributed by atoms with Gasteiger partial charge in [-0.05, 0) is 11.8 Å². The standard InChI is InChI=1S/C35H25.C10H11N2.Fe/c1-6-16-26(17-7-1)31-32(27-18-8-2-9-19-27)34(29-22-12-4-13-23-29)35(30-24-14-5-15-25-30)33(31)28-20-10-3-11-21-28;1-12(2)10-6-7-11-9-5-3-4-8(9)10;/h1-25H;3-7H,1-2H3;/q-5;-1;. The zero-order chi connectivity index (χ0) is 32.0. The largest absolute Gasteiger partial charge is 0.421 e. The Kier molecular flexibility index (Phi) is 10.1. The molecule has 0 atom stereocenters. The molecule has 0 saturated heterocycles. The molecule has 8 rings (SSSR count). The third-order valence-corrected chi connectivity index (χ3v) is 8.56. The Morgan fingerprint density at radius 2 is 0.750 bits per heavy atom.